The van der Waals surface area contributed by atoms with Gasteiger partial charge in [-0.1, -0.05) is 0 Å². The van der Waals surface area contributed by atoms with Gasteiger partial charge >= 0.3 is 0 Å². The van der Waals surface area contributed by atoms with E-state index in [9.17, 15) is 10.5 Å². The quantitative estimate of drug-likeness (QED) is 0.844. The second-order valence-corrected chi connectivity index (χ2v) is 5.85. The summed E-state index contributed by atoms with van der Waals surface area (Å²) in [4.78, 5) is 13.2. The Balaban J connectivity index is 1.82. The van der Waals surface area contributed by atoms with Crippen molar-refractivity contribution in [2.75, 3.05) is 36.0 Å². The van der Waals surface area contributed by atoms with Crippen molar-refractivity contribution in [1.29, 1.82) is 10.5 Å². The van der Waals surface area contributed by atoms with Crippen molar-refractivity contribution >= 4 is 11.6 Å². The molecule has 0 atom stereocenters. The molecule has 0 saturated carbocycles. The van der Waals surface area contributed by atoms with E-state index >= 15 is 0 Å². The summed E-state index contributed by atoms with van der Waals surface area (Å²) in [5, 5.41) is 18.7. The number of nitriles is 2. The average Bonchev–Trinajstić information content (AvgIpc) is 2.61. The summed E-state index contributed by atoms with van der Waals surface area (Å²) in [6.07, 6.45) is 1.71. The first-order valence-corrected chi connectivity index (χ1v) is 7.87. The molecule has 0 radical (unpaired) electrons. The van der Waals surface area contributed by atoms with Gasteiger partial charge in [-0.2, -0.15) is 10.5 Å². The predicted octanol–water partition coefficient (Wildman–Crippen LogP) is 2.16. The molecule has 1 aliphatic heterocycles. The van der Waals surface area contributed by atoms with Crippen LogP contribution in [-0.4, -0.2) is 36.1 Å². The Morgan fingerprint density at radius 3 is 2.29 bits per heavy atom. The van der Waals surface area contributed by atoms with Gasteiger partial charge in [0.15, 0.2) is 0 Å². The summed E-state index contributed by atoms with van der Waals surface area (Å²) in [5.41, 5.74) is 3.11. The Kier molecular flexibility index (Phi) is 4.31. The highest BCUT2D eigenvalue weighted by atomic mass is 15.3. The third-order valence-electron chi connectivity index (χ3n) is 4.22. The minimum atomic E-state index is 0.591. The summed E-state index contributed by atoms with van der Waals surface area (Å²) in [7, 11) is 0. The molecule has 6 heteroatoms. The van der Waals surface area contributed by atoms with Gasteiger partial charge in [-0.3, -0.25) is 0 Å². The highest BCUT2D eigenvalue weighted by Crippen LogP contribution is 2.25. The maximum atomic E-state index is 9.45. The second kappa shape index (κ2) is 6.55. The van der Waals surface area contributed by atoms with E-state index in [1.165, 1.54) is 0 Å². The summed E-state index contributed by atoms with van der Waals surface area (Å²) < 4.78 is 0. The van der Waals surface area contributed by atoms with Crippen LogP contribution in [0.2, 0.25) is 0 Å². The molecule has 1 saturated heterocycles. The Labute approximate surface area is 141 Å². The highest BCUT2D eigenvalue weighted by molar-refractivity contribution is 5.60. The van der Waals surface area contributed by atoms with Crippen LogP contribution < -0.4 is 9.80 Å². The molecular weight excluding hydrogens is 300 g/mol. The Bertz CT molecular complexity index is 838. The molecule has 0 N–H and O–H groups in total. The lowest BCUT2D eigenvalue weighted by Crippen LogP contribution is -2.47. The Morgan fingerprint density at radius 2 is 1.67 bits per heavy atom. The number of pyridine rings is 2. The van der Waals surface area contributed by atoms with E-state index in [4.69, 9.17) is 0 Å². The van der Waals surface area contributed by atoms with Crippen LogP contribution in [0.3, 0.4) is 0 Å². The molecule has 3 heterocycles. The van der Waals surface area contributed by atoms with Crippen LogP contribution >= 0.6 is 0 Å². The van der Waals surface area contributed by atoms with E-state index in [0.717, 1.165) is 49.1 Å². The standard InChI is InChI=1S/C18H18N6/c1-13-10-14(2)22-18(16(13)12-20)24-8-6-23(7-9-24)17-15(11-19)4-3-5-21-17/h3-5,10H,6-9H2,1-2H3. The van der Waals surface area contributed by atoms with E-state index < -0.39 is 0 Å². The van der Waals surface area contributed by atoms with Gasteiger partial charge in [-0.15, -0.1) is 0 Å². The first-order valence-electron chi connectivity index (χ1n) is 7.87. The third-order valence-corrected chi connectivity index (χ3v) is 4.22. The molecule has 0 bridgehead atoms. The molecule has 3 rings (SSSR count). The lowest BCUT2D eigenvalue weighted by molar-refractivity contribution is 0.639. The molecule has 2 aromatic rings. The van der Waals surface area contributed by atoms with Crippen LogP contribution in [0, 0.1) is 36.5 Å². The predicted molar refractivity (Wildman–Crippen MR) is 91.8 cm³/mol. The molecular formula is C18H18N6. The van der Waals surface area contributed by atoms with Crippen molar-refractivity contribution in [1.82, 2.24) is 9.97 Å². The topological polar surface area (TPSA) is 79.8 Å². The van der Waals surface area contributed by atoms with E-state index in [0.29, 0.717) is 11.1 Å². The fraction of sp³-hybridized carbons (Fsp3) is 0.333. The molecule has 1 aliphatic rings. The molecule has 6 nitrogen and oxygen atoms in total. The fourth-order valence-electron chi connectivity index (χ4n) is 3.05. The number of aryl methyl sites for hydroxylation is 2. The highest BCUT2D eigenvalue weighted by Gasteiger charge is 2.23. The van der Waals surface area contributed by atoms with Gasteiger partial charge in [0.05, 0.1) is 11.1 Å². The first kappa shape index (κ1) is 15.8. The van der Waals surface area contributed by atoms with Gasteiger partial charge in [-0.05, 0) is 37.6 Å². The second-order valence-electron chi connectivity index (χ2n) is 5.85. The summed E-state index contributed by atoms with van der Waals surface area (Å²) in [6.45, 7) is 6.86. The Morgan fingerprint density at radius 1 is 1.00 bits per heavy atom. The largest absolute Gasteiger partial charge is 0.352 e. The zero-order chi connectivity index (χ0) is 17.1. The van der Waals surface area contributed by atoms with E-state index in [2.05, 4.69) is 31.9 Å². The number of piperazine rings is 1. The van der Waals surface area contributed by atoms with Crippen molar-refractivity contribution in [2.45, 2.75) is 13.8 Å². The Hall–Kier alpha value is -3.12. The van der Waals surface area contributed by atoms with Crippen molar-refractivity contribution < 1.29 is 0 Å². The van der Waals surface area contributed by atoms with Gasteiger partial charge < -0.3 is 9.80 Å². The van der Waals surface area contributed by atoms with Crippen LogP contribution in [0.15, 0.2) is 24.4 Å². The summed E-state index contributed by atoms with van der Waals surface area (Å²) in [6, 6.07) is 9.97. The molecule has 24 heavy (non-hydrogen) atoms. The van der Waals surface area contributed by atoms with Crippen molar-refractivity contribution in [2.24, 2.45) is 0 Å². The number of hydrogen-bond donors (Lipinski definition) is 0. The number of anilines is 2. The molecule has 2 aromatic heterocycles. The maximum absolute atomic E-state index is 9.45. The van der Waals surface area contributed by atoms with E-state index in [1.54, 1.807) is 18.3 Å². The third kappa shape index (κ3) is 2.87. The van der Waals surface area contributed by atoms with Crippen molar-refractivity contribution in [3.63, 3.8) is 0 Å². The van der Waals surface area contributed by atoms with Crippen LogP contribution in [0.5, 0.6) is 0 Å². The number of hydrogen-bond acceptors (Lipinski definition) is 6. The average molecular weight is 318 g/mol. The molecule has 0 unspecified atom stereocenters. The van der Waals surface area contributed by atoms with Crippen LogP contribution in [-0.2, 0) is 0 Å². The van der Waals surface area contributed by atoms with E-state index in [1.807, 2.05) is 19.9 Å². The van der Waals surface area contributed by atoms with Crippen LogP contribution in [0.25, 0.3) is 0 Å². The molecule has 0 aliphatic carbocycles. The number of rotatable bonds is 2. The monoisotopic (exact) mass is 318 g/mol. The SMILES string of the molecule is Cc1cc(C)c(C#N)c(N2CCN(c3ncccc3C#N)CC2)n1. The minimum Gasteiger partial charge on any atom is -0.352 e. The van der Waals surface area contributed by atoms with Crippen LogP contribution in [0.1, 0.15) is 22.4 Å². The van der Waals surface area contributed by atoms with Gasteiger partial charge in [0.2, 0.25) is 0 Å². The molecule has 1 fully saturated rings. The van der Waals surface area contributed by atoms with Crippen molar-refractivity contribution in [3.8, 4) is 12.1 Å². The first-order chi connectivity index (χ1) is 11.6. The van der Waals surface area contributed by atoms with Crippen molar-refractivity contribution in [3.05, 3.63) is 46.8 Å². The van der Waals surface area contributed by atoms with Gasteiger partial charge in [0.25, 0.3) is 0 Å². The van der Waals surface area contributed by atoms with Gasteiger partial charge in [0, 0.05) is 38.1 Å². The molecule has 120 valence electrons. The van der Waals surface area contributed by atoms with E-state index in [-0.39, 0.29) is 0 Å². The molecule has 0 amide bonds. The lowest BCUT2D eigenvalue weighted by atomic mass is 10.1. The smallest absolute Gasteiger partial charge is 0.147 e. The van der Waals surface area contributed by atoms with Gasteiger partial charge in [0.1, 0.15) is 23.8 Å². The molecule has 0 aromatic carbocycles. The van der Waals surface area contributed by atoms with Gasteiger partial charge in [-0.25, -0.2) is 9.97 Å². The lowest BCUT2D eigenvalue weighted by Gasteiger charge is -2.36. The molecule has 0 spiro atoms. The summed E-state index contributed by atoms with van der Waals surface area (Å²) in [5.74, 6) is 1.49. The zero-order valence-electron chi connectivity index (χ0n) is 13.8. The fourth-order valence-corrected chi connectivity index (χ4v) is 3.05. The normalized spacial score (nSPS) is 14.2. The minimum absolute atomic E-state index is 0.591. The van der Waals surface area contributed by atoms with Crippen LogP contribution in [0.4, 0.5) is 11.6 Å². The number of aromatic nitrogens is 2. The summed E-state index contributed by atoms with van der Waals surface area (Å²) >= 11 is 0. The number of nitrogens with zero attached hydrogens (tertiary/aromatic N) is 6. The maximum Gasteiger partial charge on any atom is 0.147 e. The zero-order valence-corrected chi connectivity index (χ0v) is 13.8.